The van der Waals surface area contributed by atoms with Crippen molar-refractivity contribution in [1.29, 1.82) is 0 Å². The number of nitrogens with zero attached hydrogens (tertiary/aromatic N) is 2. The summed E-state index contributed by atoms with van der Waals surface area (Å²) >= 11 is 0. The molecule has 4 N–H and O–H groups in total. The summed E-state index contributed by atoms with van der Waals surface area (Å²) in [6.07, 6.45) is 0.213. The SMILES string of the molecule is Cc1nn(C)c(C)c1CC(=O)Nc1ccccc1C(=O)NCCN. The predicted octanol–water partition coefficient (Wildman–Crippen LogP) is 0.907. The third-order valence-corrected chi connectivity index (χ3v) is 3.87. The Labute approximate surface area is 141 Å². The standard InChI is InChI=1S/C17H23N5O2/c1-11-14(12(2)22(3)21-11)10-16(23)20-15-7-5-4-6-13(15)17(24)19-9-8-18/h4-7H,8-10,18H2,1-3H3,(H,19,24)(H,20,23). The molecule has 1 aromatic heterocycles. The van der Waals surface area contributed by atoms with E-state index in [4.69, 9.17) is 5.73 Å². The van der Waals surface area contributed by atoms with Crippen molar-refractivity contribution in [2.45, 2.75) is 20.3 Å². The molecule has 7 nitrogen and oxygen atoms in total. The number of nitrogens with two attached hydrogens (primary N) is 1. The van der Waals surface area contributed by atoms with Crippen molar-refractivity contribution in [3.63, 3.8) is 0 Å². The van der Waals surface area contributed by atoms with Gasteiger partial charge in [0.2, 0.25) is 5.91 Å². The van der Waals surface area contributed by atoms with E-state index < -0.39 is 0 Å². The van der Waals surface area contributed by atoms with E-state index in [2.05, 4.69) is 15.7 Å². The van der Waals surface area contributed by atoms with Crippen molar-refractivity contribution in [3.8, 4) is 0 Å². The summed E-state index contributed by atoms with van der Waals surface area (Å²) in [6.45, 7) is 4.55. The van der Waals surface area contributed by atoms with Gasteiger partial charge in [-0.15, -0.1) is 0 Å². The van der Waals surface area contributed by atoms with Crippen molar-refractivity contribution < 1.29 is 9.59 Å². The van der Waals surface area contributed by atoms with E-state index in [0.717, 1.165) is 17.0 Å². The zero-order valence-electron chi connectivity index (χ0n) is 14.2. The third kappa shape index (κ3) is 3.99. The summed E-state index contributed by atoms with van der Waals surface area (Å²) in [4.78, 5) is 24.5. The van der Waals surface area contributed by atoms with Crippen LogP contribution in [0.4, 0.5) is 5.69 Å². The van der Waals surface area contributed by atoms with Gasteiger partial charge < -0.3 is 16.4 Å². The second kappa shape index (κ2) is 7.74. The number of carbonyl (C=O) groups is 2. The summed E-state index contributed by atoms with van der Waals surface area (Å²) in [7, 11) is 1.85. The number of rotatable bonds is 6. The first-order valence-corrected chi connectivity index (χ1v) is 7.80. The zero-order chi connectivity index (χ0) is 17.7. The maximum atomic E-state index is 12.4. The number of aromatic nitrogens is 2. The predicted molar refractivity (Wildman–Crippen MR) is 92.8 cm³/mol. The van der Waals surface area contributed by atoms with Crippen LogP contribution >= 0.6 is 0 Å². The molecule has 1 heterocycles. The van der Waals surface area contributed by atoms with E-state index in [-0.39, 0.29) is 18.2 Å². The van der Waals surface area contributed by atoms with Gasteiger partial charge in [0.25, 0.3) is 5.91 Å². The number of hydrogen-bond acceptors (Lipinski definition) is 4. The fourth-order valence-corrected chi connectivity index (χ4v) is 2.50. The Hall–Kier alpha value is -2.67. The van der Waals surface area contributed by atoms with Gasteiger partial charge >= 0.3 is 0 Å². The van der Waals surface area contributed by atoms with Gasteiger partial charge in [0, 0.05) is 31.4 Å². The van der Waals surface area contributed by atoms with Gasteiger partial charge in [-0.2, -0.15) is 5.10 Å². The molecule has 0 saturated carbocycles. The van der Waals surface area contributed by atoms with E-state index in [1.807, 2.05) is 20.9 Å². The molecule has 2 aromatic rings. The fourth-order valence-electron chi connectivity index (χ4n) is 2.50. The molecule has 1 aromatic carbocycles. The summed E-state index contributed by atoms with van der Waals surface area (Å²) in [6, 6.07) is 6.90. The summed E-state index contributed by atoms with van der Waals surface area (Å²) in [5.74, 6) is -0.446. The van der Waals surface area contributed by atoms with Crippen molar-refractivity contribution >= 4 is 17.5 Å². The number of carbonyl (C=O) groups excluding carboxylic acids is 2. The van der Waals surface area contributed by atoms with Crippen molar-refractivity contribution in [1.82, 2.24) is 15.1 Å². The van der Waals surface area contributed by atoms with Crippen LogP contribution in [0, 0.1) is 13.8 Å². The van der Waals surface area contributed by atoms with E-state index in [1.165, 1.54) is 0 Å². The molecule has 0 atom stereocenters. The van der Waals surface area contributed by atoms with E-state index in [1.54, 1.807) is 28.9 Å². The first-order valence-electron chi connectivity index (χ1n) is 7.80. The molecule has 7 heteroatoms. The number of benzene rings is 1. The monoisotopic (exact) mass is 329 g/mol. The number of para-hydroxylation sites is 1. The van der Waals surface area contributed by atoms with Crippen molar-refractivity contribution in [3.05, 3.63) is 46.8 Å². The minimum atomic E-state index is -0.259. The lowest BCUT2D eigenvalue weighted by atomic mass is 10.1. The molecule has 0 unspecified atom stereocenters. The fraction of sp³-hybridized carbons (Fsp3) is 0.353. The Morgan fingerprint density at radius 3 is 2.58 bits per heavy atom. The molecule has 0 radical (unpaired) electrons. The Morgan fingerprint density at radius 2 is 1.96 bits per heavy atom. The van der Waals surface area contributed by atoms with Gasteiger partial charge in [0.15, 0.2) is 0 Å². The van der Waals surface area contributed by atoms with Gasteiger partial charge in [0.05, 0.1) is 23.4 Å². The van der Waals surface area contributed by atoms with Gasteiger partial charge in [-0.1, -0.05) is 12.1 Å². The number of hydrogen-bond donors (Lipinski definition) is 3. The normalized spacial score (nSPS) is 10.5. The Kier molecular flexibility index (Phi) is 5.70. The number of aryl methyl sites for hydroxylation is 2. The van der Waals surface area contributed by atoms with Crippen LogP contribution in [0.5, 0.6) is 0 Å². The van der Waals surface area contributed by atoms with Crippen LogP contribution in [-0.2, 0) is 18.3 Å². The highest BCUT2D eigenvalue weighted by Crippen LogP contribution is 2.17. The van der Waals surface area contributed by atoms with Gasteiger partial charge in [-0.3, -0.25) is 14.3 Å². The first-order chi connectivity index (χ1) is 11.4. The molecule has 2 rings (SSSR count). The van der Waals surface area contributed by atoms with Crippen molar-refractivity contribution in [2.24, 2.45) is 12.8 Å². The quantitative estimate of drug-likeness (QED) is 0.733. The van der Waals surface area contributed by atoms with E-state index in [9.17, 15) is 9.59 Å². The molecule has 0 spiro atoms. The second-order valence-electron chi connectivity index (χ2n) is 5.59. The minimum Gasteiger partial charge on any atom is -0.351 e. The highest BCUT2D eigenvalue weighted by molar-refractivity contribution is 6.04. The van der Waals surface area contributed by atoms with Crippen LogP contribution < -0.4 is 16.4 Å². The molecule has 128 valence electrons. The average molecular weight is 329 g/mol. The molecule has 0 aliphatic rings. The molecule has 0 bridgehead atoms. The van der Waals surface area contributed by atoms with E-state index in [0.29, 0.717) is 24.3 Å². The minimum absolute atomic E-state index is 0.187. The molecular weight excluding hydrogens is 306 g/mol. The molecular formula is C17H23N5O2. The van der Waals surface area contributed by atoms with Gasteiger partial charge in [-0.05, 0) is 26.0 Å². The highest BCUT2D eigenvalue weighted by Gasteiger charge is 2.16. The van der Waals surface area contributed by atoms with Crippen LogP contribution in [0.15, 0.2) is 24.3 Å². The Balaban J connectivity index is 2.13. The highest BCUT2D eigenvalue weighted by atomic mass is 16.2. The van der Waals surface area contributed by atoms with Gasteiger partial charge in [0.1, 0.15) is 0 Å². The van der Waals surface area contributed by atoms with Crippen LogP contribution in [0.2, 0.25) is 0 Å². The topological polar surface area (TPSA) is 102 Å². The first kappa shape index (κ1) is 17.7. The van der Waals surface area contributed by atoms with Crippen LogP contribution in [0.3, 0.4) is 0 Å². The van der Waals surface area contributed by atoms with E-state index >= 15 is 0 Å². The Morgan fingerprint density at radius 1 is 1.25 bits per heavy atom. The van der Waals surface area contributed by atoms with Crippen LogP contribution in [0.25, 0.3) is 0 Å². The smallest absolute Gasteiger partial charge is 0.253 e. The maximum Gasteiger partial charge on any atom is 0.253 e. The molecule has 0 aliphatic carbocycles. The Bertz CT molecular complexity index is 751. The molecule has 2 amide bonds. The number of amides is 2. The van der Waals surface area contributed by atoms with Crippen LogP contribution in [-0.4, -0.2) is 34.7 Å². The largest absolute Gasteiger partial charge is 0.351 e. The molecule has 0 saturated heterocycles. The summed E-state index contributed by atoms with van der Waals surface area (Å²) < 4.78 is 1.76. The lowest BCUT2D eigenvalue weighted by Gasteiger charge is -2.11. The third-order valence-electron chi connectivity index (χ3n) is 3.87. The summed E-state index contributed by atoms with van der Waals surface area (Å²) in [5.41, 5.74) is 8.99. The lowest BCUT2D eigenvalue weighted by molar-refractivity contribution is -0.115. The van der Waals surface area contributed by atoms with Crippen LogP contribution in [0.1, 0.15) is 27.3 Å². The van der Waals surface area contributed by atoms with Gasteiger partial charge in [-0.25, -0.2) is 0 Å². The lowest BCUT2D eigenvalue weighted by Crippen LogP contribution is -2.30. The zero-order valence-corrected chi connectivity index (χ0v) is 14.2. The second-order valence-corrected chi connectivity index (χ2v) is 5.59. The maximum absolute atomic E-state index is 12.4. The number of nitrogens with one attached hydrogen (secondary N) is 2. The average Bonchev–Trinajstić information content (AvgIpc) is 2.79. The molecule has 24 heavy (non-hydrogen) atoms. The van der Waals surface area contributed by atoms with Crippen molar-refractivity contribution in [2.75, 3.05) is 18.4 Å². The number of anilines is 1. The molecule has 0 aliphatic heterocycles. The summed E-state index contributed by atoms with van der Waals surface area (Å²) in [5, 5.41) is 9.83. The molecule has 0 fully saturated rings.